The Morgan fingerprint density at radius 2 is 1.59 bits per heavy atom. The molecule has 1 N–H and O–H groups in total. The van der Waals surface area contributed by atoms with Gasteiger partial charge in [-0.3, -0.25) is 9.78 Å². The molecule has 0 unspecified atom stereocenters. The van der Waals surface area contributed by atoms with Crippen molar-refractivity contribution in [2.24, 2.45) is 0 Å². The molecule has 0 atom stereocenters. The van der Waals surface area contributed by atoms with E-state index in [0.717, 1.165) is 31.9 Å². The average molecular weight is 390 g/mol. The molecule has 0 spiro atoms. The SMILES string of the molecule is Cc1cccc(N2CCN(c3ccnc(C(=O)Nc4ccc(F)cc4)c3)CC2)c1. The van der Waals surface area contributed by atoms with Gasteiger partial charge in [0.05, 0.1) is 0 Å². The molecule has 0 radical (unpaired) electrons. The van der Waals surface area contributed by atoms with Crippen molar-refractivity contribution >= 4 is 23.0 Å². The maximum Gasteiger partial charge on any atom is 0.274 e. The third-order valence-electron chi connectivity index (χ3n) is 5.09. The number of piperazine rings is 1. The molecular weight excluding hydrogens is 367 g/mol. The molecule has 1 aliphatic rings. The van der Waals surface area contributed by atoms with Crippen molar-refractivity contribution in [1.82, 2.24) is 4.98 Å². The maximum absolute atomic E-state index is 13.0. The van der Waals surface area contributed by atoms with Gasteiger partial charge < -0.3 is 15.1 Å². The summed E-state index contributed by atoms with van der Waals surface area (Å²) in [4.78, 5) is 21.4. The van der Waals surface area contributed by atoms with E-state index in [-0.39, 0.29) is 11.7 Å². The number of hydrogen-bond acceptors (Lipinski definition) is 4. The summed E-state index contributed by atoms with van der Waals surface area (Å²) >= 11 is 0. The minimum Gasteiger partial charge on any atom is -0.368 e. The van der Waals surface area contributed by atoms with Crippen LogP contribution < -0.4 is 15.1 Å². The second-order valence-corrected chi connectivity index (χ2v) is 7.17. The third-order valence-corrected chi connectivity index (χ3v) is 5.09. The number of nitrogens with one attached hydrogen (secondary N) is 1. The van der Waals surface area contributed by atoms with Gasteiger partial charge in [-0.1, -0.05) is 12.1 Å². The summed E-state index contributed by atoms with van der Waals surface area (Å²) in [5.74, 6) is -0.648. The molecule has 1 fully saturated rings. The molecule has 0 bridgehead atoms. The van der Waals surface area contributed by atoms with Gasteiger partial charge in [0.25, 0.3) is 5.91 Å². The highest BCUT2D eigenvalue weighted by Crippen LogP contribution is 2.22. The zero-order valence-corrected chi connectivity index (χ0v) is 16.3. The molecule has 2 heterocycles. The molecule has 3 aromatic rings. The Balaban J connectivity index is 1.41. The van der Waals surface area contributed by atoms with Crippen molar-refractivity contribution in [2.75, 3.05) is 41.3 Å². The number of aryl methyl sites for hydroxylation is 1. The fourth-order valence-electron chi connectivity index (χ4n) is 3.52. The predicted octanol–water partition coefficient (Wildman–Crippen LogP) is 4.11. The lowest BCUT2D eigenvalue weighted by Gasteiger charge is -2.37. The van der Waals surface area contributed by atoms with Gasteiger partial charge in [-0.05, 0) is 61.0 Å². The first-order valence-corrected chi connectivity index (χ1v) is 9.68. The first-order valence-electron chi connectivity index (χ1n) is 9.68. The van der Waals surface area contributed by atoms with Crippen LogP contribution in [0.15, 0.2) is 66.9 Å². The normalized spacial score (nSPS) is 14.0. The van der Waals surface area contributed by atoms with Crippen LogP contribution in [-0.4, -0.2) is 37.1 Å². The van der Waals surface area contributed by atoms with E-state index in [0.29, 0.717) is 11.4 Å². The number of halogens is 1. The lowest BCUT2D eigenvalue weighted by Crippen LogP contribution is -2.46. The smallest absolute Gasteiger partial charge is 0.274 e. The zero-order chi connectivity index (χ0) is 20.2. The number of aromatic nitrogens is 1. The maximum atomic E-state index is 13.0. The van der Waals surface area contributed by atoms with E-state index in [4.69, 9.17) is 0 Å². The molecule has 2 aromatic carbocycles. The number of rotatable bonds is 4. The van der Waals surface area contributed by atoms with E-state index >= 15 is 0 Å². The van der Waals surface area contributed by atoms with Crippen LogP contribution in [0.3, 0.4) is 0 Å². The summed E-state index contributed by atoms with van der Waals surface area (Å²) in [6.07, 6.45) is 1.65. The molecule has 6 heteroatoms. The molecule has 5 nitrogen and oxygen atoms in total. The first-order chi connectivity index (χ1) is 14.1. The third kappa shape index (κ3) is 4.54. The van der Waals surface area contributed by atoms with E-state index in [1.807, 2.05) is 6.07 Å². The van der Waals surface area contributed by atoms with Gasteiger partial charge in [0.1, 0.15) is 11.5 Å². The fraction of sp³-hybridized carbons (Fsp3) is 0.217. The van der Waals surface area contributed by atoms with Crippen LogP contribution in [0.5, 0.6) is 0 Å². The molecule has 1 aliphatic heterocycles. The predicted molar refractivity (Wildman–Crippen MR) is 114 cm³/mol. The Bertz CT molecular complexity index is 998. The number of nitrogens with zero attached hydrogens (tertiary/aromatic N) is 3. The highest BCUT2D eigenvalue weighted by molar-refractivity contribution is 6.03. The van der Waals surface area contributed by atoms with Crippen LogP contribution in [0, 0.1) is 12.7 Å². The molecule has 0 aliphatic carbocycles. The van der Waals surface area contributed by atoms with Crippen LogP contribution >= 0.6 is 0 Å². The minimum absolute atomic E-state index is 0.308. The minimum atomic E-state index is -0.340. The van der Waals surface area contributed by atoms with Crippen molar-refractivity contribution in [1.29, 1.82) is 0 Å². The molecule has 29 heavy (non-hydrogen) atoms. The quantitative estimate of drug-likeness (QED) is 0.728. The summed E-state index contributed by atoms with van der Waals surface area (Å²) in [7, 11) is 0. The number of benzene rings is 2. The summed E-state index contributed by atoms with van der Waals surface area (Å²) in [5.41, 5.74) is 4.37. The second kappa shape index (κ2) is 8.31. The molecule has 1 amide bonds. The summed E-state index contributed by atoms with van der Waals surface area (Å²) in [6.45, 7) is 5.69. The van der Waals surface area contributed by atoms with Crippen LogP contribution in [0.2, 0.25) is 0 Å². The van der Waals surface area contributed by atoms with Gasteiger partial charge in [-0.15, -0.1) is 0 Å². The van der Waals surface area contributed by atoms with Crippen LogP contribution in [-0.2, 0) is 0 Å². The van der Waals surface area contributed by atoms with Crippen molar-refractivity contribution < 1.29 is 9.18 Å². The number of carbonyl (C=O) groups excluding carboxylic acids is 1. The fourth-order valence-corrected chi connectivity index (χ4v) is 3.52. The number of anilines is 3. The van der Waals surface area contributed by atoms with Gasteiger partial charge in [0.15, 0.2) is 0 Å². The lowest BCUT2D eigenvalue weighted by atomic mass is 10.2. The highest BCUT2D eigenvalue weighted by Gasteiger charge is 2.19. The number of carbonyl (C=O) groups is 1. The van der Waals surface area contributed by atoms with Crippen molar-refractivity contribution in [3.8, 4) is 0 Å². The Hall–Kier alpha value is -3.41. The highest BCUT2D eigenvalue weighted by atomic mass is 19.1. The summed E-state index contributed by atoms with van der Waals surface area (Å²) in [5, 5.41) is 2.75. The van der Waals surface area contributed by atoms with Gasteiger partial charge >= 0.3 is 0 Å². The van der Waals surface area contributed by atoms with E-state index in [2.05, 4.69) is 51.3 Å². The van der Waals surface area contributed by atoms with E-state index in [1.54, 1.807) is 12.3 Å². The topological polar surface area (TPSA) is 48.5 Å². The first kappa shape index (κ1) is 18.9. The van der Waals surface area contributed by atoms with Crippen molar-refractivity contribution in [3.63, 3.8) is 0 Å². The van der Waals surface area contributed by atoms with Gasteiger partial charge in [0.2, 0.25) is 0 Å². The Morgan fingerprint density at radius 1 is 0.931 bits per heavy atom. The standard InChI is InChI=1S/C23H23FN4O/c1-17-3-2-4-20(15-17)27-11-13-28(14-12-27)21-9-10-25-22(16-21)23(29)26-19-7-5-18(24)6-8-19/h2-10,15-16H,11-14H2,1H3,(H,26,29). The molecule has 0 saturated carbocycles. The largest absolute Gasteiger partial charge is 0.368 e. The molecule has 4 rings (SSSR count). The van der Waals surface area contributed by atoms with Crippen molar-refractivity contribution in [3.05, 3.63) is 83.9 Å². The average Bonchev–Trinajstić information content (AvgIpc) is 2.75. The molecule has 1 saturated heterocycles. The van der Waals surface area contributed by atoms with E-state index in [9.17, 15) is 9.18 Å². The van der Waals surface area contributed by atoms with Crippen LogP contribution in [0.4, 0.5) is 21.5 Å². The lowest BCUT2D eigenvalue weighted by molar-refractivity contribution is 0.102. The number of hydrogen-bond donors (Lipinski definition) is 1. The Labute approximate surface area is 169 Å². The van der Waals surface area contributed by atoms with Gasteiger partial charge in [-0.25, -0.2) is 4.39 Å². The number of amides is 1. The van der Waals surface area contributed by atoms with Gasteiger partial charge in [-0.2, -0.15) is 0 Å². The Kier molecular flexibility index (Phi) is 5.42. The monoisotopic (exact) mass is 390 g/mol. The summed E-state index contributed by atoms with van der Waals surface area (Å²) in [6, 6.07) is 18.0. The van der Waals surface area contributed by atoms with Crippen LogP contribution in [0.1, 0.15) is 16.1 Å². The number of pyridine rings is 1. The second-order valence-electron chi connectivity index (χ2n) is 7.17. The van der Waals surface area contributed by atoms with E-state index in [1.165, 1.54) is 35.5 Å². The van der Waals surface area contributed by atoms with E-state index < -0.39 is 0 Å². The van der Waals surface area contributed by atoms with Crippen LogP contribution in [0.25, 0.3) is 0 Å². The van der Waals surface area contributed by atoms with Crippen molar-refractivity contribution in [2.45, 2.75) is 6.92 Å². The zero-order valence-electron chi connectivity index (χ0n) is 16.3. The Morgan fingerprint density at radius 3 is 2.24 bits per heavy atom. The summed E-state index contributed by atoms with van der Waals surface area (Å²) < 4.78 is 13.0. The molecule has 148 valence electrons. The molecule has 1 aromatic heterocycles. The molecular formula is C23H23FN4O. The van der Waals surface area contributed by atoms with Gasteiger partial charge in [0, 0.05) is 49.4 Å².